The van der Waals surface area contributed by atoms with Gasteiger partial charge in [-0.15, -0.1) is 11.3 Å². The molecular formula is C39H33N3O5S. The average molecular weight is 656 g/mol. The summed E-state index contributed by atoms with van der Waals surface area (Å²) in [6.07, 6.45) is 2.48. The van der Waals surface area contributed by atoms with E-state index in [4.69, 9.17) is 4.74 Å². The Hall–Kier alpha value is -5.67. The zero-order valence-corrected chi connectivity index (χ0v) is 27.2. The van der Waals surface area contributed by atoms with Crippen molar-refractivity contribution in [3.05, 3.63) is 130 Å². The Morgan fingerprint density at radius 2 is 1.73 bits per heavy atom. The molecule has 0 unspecified atom stereocenters. The lowest BCUT2D eigenvalue weighted by molar-refractivity contribution is 0.0697. The zero-order chi connectivity index (χ0) is 33.4. The van der Waals surface area contributed by atoms with Gasteiger partial charge in [-0.2, -0.15) is 0 Å². The van der Waals surface area contributed by atoms with E-state index in [9.17, 15) is 19.5 Å². The fourth-order valence-electron chi connectivity index (χ4n) is 6.12. The van der Waals surface area contributed by atoms with Crippen LogP contribution < -0.4 is 15.4 Å². The van der Waals surface area contributed by atoms with Crippen LogP contribution in [0.1, 0.15) is 61.6 Å². The number of carbonyl (C=O) groups excluding carboxylic acids is 2. The van der Waals surface area contributed by atoms with Crippen LogP contribution in [0.15, 0.2) is 96.5 Å². The normalized spacial score (nSPS) is 11.9. The summed E-state index contributed by atoms with van der Waals surface area (Å²) < 4.78 is 6.12. The molecule has 2 aromatic heterocycles. The molecule has 0 radical (unpaired) electrons. The first kappa shape index (κ1) is 31.0. The molecule has 7 rings (SSSR count). The van der Waals surface area contributed by atoms with Gasteiger partial charge in [0, 0.05) is 62.9 Å². The number of ether oxygens (including phenoxy) is 1. The highest BCUT2D eigenvalue weighted by molar-refractivity contribution is 7.13. The molecule has 1 aliphatic rings. The van der Waals surface area contributed by atoms with Crippen molar-refractivity contribution < 1.29 is 24.2 Å². The van der Waals surface area contributed by atoms with E-state index in [1.54, 1.807) is 35.6 Å². The number of aromatic amines is 1. The molecule has 0 bridgehead atoms. The van der Waals surface area contributed by atoms with Crippen LogP contribution in [0.3, 0.4) is 0 Å². The predicted molar refractivity (Wildman–Crippen MR) is 189 cm³/mol. The van der Waals surface area contributed by atoms with Gasteiger partial charge < -0.3 is 25.5 Å². The number of nitrogens with one attached hydrogen (secondary N) is 3. The summed E-state index contributed by atoms with van der Waals surface area (Å²) in [5.74, 6) is -1.17. The number of carboxylic acid groups (broad SMARTS) is 1. The molecule has 3 heterocycles. The summed E-state index contributed by atoms with van der Waals surface area (Å²) in [5.41, 5.74) is 6.59. The second-order valence-electron chi connectivity index (χ2n) is 12.3. The molecule has 0 atom stereocenters. The minimum atomic E-state index is -1.21. The minimum absolute atomic E-state index is 0.0904. The first-order valence-corrected chi connectivity index (χ1v) is 16.6. The number of aromatic carboxylic acids is 1. The topological polar surface area (TPSA) is 121 Å². The van der Waals surface area contributed by atoms with E-state index in [1.807, 2.05) is 67.9 Å². The van der Waals surface area contributed by atoms with E-state index in [0.29, 0.717) is 42.1 Å². The number of anilines is 1. The molecule has 4 aromatic carbocycles. The molecule has 0 fully saturated rings. The van der Waals surface area contributed by atoms with Crippen LogP contribution in [-0.4, -0.2) is 34.4 Å². The molecule has 48 heavy (non-hydrogen) atoms. The predicted octanol–water partition coefficient (Wildman–Crippen LogP) is 8.38. The molecular weight excluding hydrogens is 623 g/mol. The Morgan fingerprint density at radius 1 is 0.896 bits per heavy atom. The van der Waals surface area contributed by atoms with Crippen molar-refractivity contribution in [2.45, 2.75) is 26.9 Å². The third-order valence-electron chi connectivity index (χ3n) is 8.53. The molecule has 240 valence electrons. The van der Waals surface area contributed by atoms with Crippen LogP contribution in [0.25, 0.3) is 32.5 Å². The maximum absolute atomic E-state index is 14.5. The molecule has 0 saturated heterocycles. The number of hydrogen-bond acceptors (Lipinski definition) is 5. The Labute approximate surface area is 281 Å². The fourth-order valence-corrected chi connectivity index (χ4v) is 7.05. The molecule has 2 amide bonds. The summed E-state index contributed by atoms with van der Waals surface area (Å²) in [5, 5.41) is 19.3. The molecule has 0 spiro atoms. The lowest BCUT2D eigenvalue weighted by Crippen LogP contribution is -2.27. The second-order valence-corrected chi connectivity index (χ2v) is 13.2. The number of benzene rings is 4. The van der Waals surface area contributed by atoms with Gasteiger partial charge in [0.25, 0.3) is 11.8 Å². The first-order chi connectivity index (χ1) is 23.3. The molecule has 8 nitrogen and oxygen atoms in total. The summed E-state index contributed by atoms with van der Waals surface area (Å²) in [6.45, 7) is 4.80. The van der Waals surface area contributed by atoms with Crippen molar-refractivity contribution in [2.24, 2.45) is 5.92 Å². The van der Waals surface area contributed by atoms with Gasteiger partial charge in [0.05, 0.1) is 5.56 Å². The third kappa shape index (κ3) is 5.96. The highest BCUT2D eigenvalue weighted by Gasteiger charge is 2.27. The second kappa shape index (κ2) is 12.8. The Bertz CT molecular complexity index is 2200. The van der Waals surface area contributed by atoms with Gasteiger partial charge in [-0.1, -0.05) is 50.2 Å². The number of fused-ring (bicyclic) bond motifs is 4. The number of H-pyrrole nitrogens is 1. The van der Waals surface area contributed by atoms with Crippen molar-refractivity contribution in [3.8, 4) is 27.3 Å². The lowest BCUT2D eigenvalue weighted by Gasteiger charge is -2.22. The summed E-state index contributed by atoms with van der Waals surface area (Å²) in [4.78, 5) is 44.3. The fraction of sp³-hybridized carbons (Fsp3) is 0.154. The van der Waals surface area contributed by atoms with Gasteiger partial charge in [-0.25, -0.2) is 4.79 Å². The third-order valence-corrected chi connectivity index (χ3v) is 9.52. The summed E-state index contributed by atoms with van der Waals surface area (Å²) in [6, 6.07) is 26.0. The van der Waals surface area contributed by atoms with Crippen molar-refractivity contribution in [1.82, 2.24) is 10.3 Å². The van der Waals surface area contributed by atoms with Crippen LogP contribution in [-0.2, 0) is 13.0 Å². The Balaban J connectivity index is 1.34. The van der Waals surface area contributed by atoms with Crippen molar-refractivity contribution in [2.75, 3.05) is 11.9 Å². The average Bonchev–Trinajstić information content (AvgIpc) is 3.78. The number of rotatable bonds is 9. The molecule has 1 aliphatic heterocycles. The quantitative estimate of drug-likeness (QED) is 0.125. The Kier molecular flexibility index (Phi) is 8.29. The van der Waals surface area contributed by atoms with E-state index in [2.05, 4.69) is 27.8 Å². The van der Waals surface area contributed by atoms with Crippen LogP contribution in [0.5, 0.6) is 5.75 Å². The van der Waals surface area contributed by atoms with Gasteiger partial charge in [0.2, 0.25) is 0 Å². The maximum atomic E-state index is 14.5. The standard InChI is InChI=1S/C39H33N3O5S/c1-22(2)20-41-37(43)24-8-9-26(31(17-24)39(45)46)28-19-35-32(36-25(21-47-35)13-15-48-36)18-30(28)38(44)42-34-11-10-33-27(12-14-40-33)29(34)16-23-6-4-3-5-7-23/h3-15,17-19,22,40H,16,20-21H2,1-2H3,(H,41,43)(H,42,44)(H,45,46). The summed E-state index contributed by atoms with van der Waals surface area (Å²) in [7, 11) is 0. The van der Waals surface area contributed by atoms with Crippen molar-refractivity contribution >= 4 is 45.7 Å². The molecule has 0 saturated carbocycles. The highest BCUT2D eigenvalue weighted by atomic mass is 32.1. The van der Waals surface area contributed by atoms with Gasteiger partial charge in [-0.05, 0) is 82.1 Å². The van der Waals surface area contributed by atoms with Gasteiger partial charge in [0.1, 0.15) is 12.4 Å². The van der Waals surface area contributed by atoms with Crippen LogP contribution in [0, 0.1) is 5.92 Å². The van der Waals surface area contributed by atoms with Gasteiger partial charge in [-0.3, -0.25) is 9.59 Å². The maximum Gasteiger partial charge on any atom is 0.336 e. The van der Waals surface area contributed by atoms with Crippen LogP contribution in [0.2, 0.25) is 0 Å². The van der Waals surface area contributed by atoms with E-state index in [1.165, 1.54) is 6.07 Å². The number of amides is 2. The molecule has 0 aliphatic carbocycles. The zero-order valence-electron chi connectivity index (χ0n) is 26.4. The van der Waals surface area contributed by atoms with E-state index in [-0.39, 0.29) is 28.5 Å². The minimum Gasteiger partial charge on any atom is -0.488 e. The largest absolute Gasteiger partial charge is 0.488 e. The van der Waals surface area contributed by atoms with Gasteiger partial charge >= 0.3 is 5.97 Å². The molecule has 6 aromatic rings. The smallest absolute Gasteiger partial charge is 0.336 e. The van der Waals surface area contributed by atoms with Crippen molar-refractivity contribution in [3.63, 3.8) is 0 Å². The number of aromatic nitrogens is 1. The number of carboxylic acids is 1. The van der Waals surface area contributed by atoms with Gasteiger partial charge in [0.15, 0.2) is 0 Å². The highest BCUT2D eigenvalue weighted by Crippen LogP contribution is 2.45. The Morgan fingerprint density at radius 3 is 2.52 bits per heavy atom. The molecule has 4 N–H and O–H groups in total. The molecule has 9 heteroatoms. The monoisotopic (exact) mass is 655 g/mol. The van der Waals surface area contributed by atoms with E-state index in [0.717, 1.165) is 38.0 Å². The SMILES string of the molecule is CC(C)CNC(=O)c1ccc(-c2cc3c(cc2C(=O)Nc2ccc4[nH]ccc4c2Cc2ccccc2)-c2sccc2CO3)c(C(=O)O)c1. The number of hydrogen-bond donors (Lipinski definition) is 4. The van der Waals surface area contributed by atoms with E-state index >= 15 is 0 Å². The summed E-state index contributed by atoms with van der Waals surface area (Å²) >= 11 is 1.57. The number of carbonyl (C=O) groups is 3. The van der Waals surface area contributed by atoms with E-state index < -0.39 is 11.9 Å². The van der Waals surface area contributed by atoms with Crippen molar-refractivity contribution in [1.29, 1.82) is 0 Å². The van der Waals surface area contributed by atoms with Crippen LogP contribution >= 0.6 is 11.3 Å². The number of thiophene rings is 1. The lowest BCUT2D eigenvalue weighted by atomic mass is 9.90. The van der Waals surface area contributed by atoms with Crippen LogP contribution in [0.4, 0.5) is 5.69 Å². The first-order valence-electron chi connectivity index (χ1n) is 15.7.